The molecular weight excluding hydrogens is 462 g/mol. The summed E-state index contributed by atoms with van der Waals surface area (Å²) in [6.45, 7) is 3.24. The smallest absolute Gasteiger partial charge is 0.241 e. The highest BCUT2D eigenvalue weighted by Gasteiger charge is 2.32. The molecule has 2 fully saturated rings. The van der Waals surface area contributed by atoms with Crippen molar-refractivity contribution < 1.29 is 13.2 Å². The number of carbonyl (C=O) groups is 1. The lowest BCUT2D eigenvalue weighted by molar-refractivity contribution is -0.137. The van der Waals surface area contributed by atoms with Crippen LogP contribution >= 0.6 is 0 Å². The number of carbonyl (C=O) groups excluding carboxylic acids is 1. The fourth-order valence-electron chi connectivity index (χ4n) is 5.19. The van der Waals surface area contributed by atoms with Crippen LogP contribution in [0.25, 0.3) is 10.8 Å². The van der Waals surface area contributed by atoms with Gasteiger partial charge in [0.15, 0.2) is 0 Å². The van der Waals surface area contributed by atoms with Gasteiger partial charge in [-0.2, -0.15) is 0 Å². The van der Waals surface area contributed by atoms with Crippen LogP contribution in [0.5, 0.6) is 0 Å². The van der Waals surface area contributed by atoms with Crippen molar-refractivity contribution in [3.05, 3.63) is 60.9 Å². The molecule has 1 aromatic heterocycles. The number of sulfonamides is 1. The maximum Gasteiger partial charge on any atom is 0.241 e. The van der Waals surface area contributed by atoms with Crippen molar-refractivity contribution in [3.8, 4) is 0 Å². The van der Waals surface area contributed by atoms with Crippen molar-refractivity contribution in [3.63, 3.8) is 0 Å². The molecular formula is C26H31N5O3S. The van der Waals surface area contributed by atoms with Gasteiger partial charge in [0.2, 0.25) is 21.9 Å². The summed E-state index contributed by atoms with van der Waals surface area (Å²) in [7, 11) is -3.60. The predicted molar refractivity (Wildman–Crippen MR) is 135 cm³/mol. The topological polar surface area (TPSA) is 95.5 Å². The maximum absolute atomic E-state index is 13.1. The number of benzene rings is 2. The molecule has 0 unspecified atom stereocenters. The average molecular weight is 494 g/mol. The molecule has 1 saturated heterocycles. The number of hydrogen-bond acceptors (Lipinski definition) is 6. The lowest BCUT2D eigenvalue weighted by Gasteiger charge is -2.37. The molecule has 2 heterocycles. The van der Waals surface area contributed by atoms with E-state index < -0.39 is 10.0 Å². The van der Waals surface area contributed by atoms with Gasteiger partial charge in [0.1, 0.15) is 0 Å². The first-order chi connectivity index (χ1) is 17.0. The van der Waals surface area contributed by atoms with E-state index in [9.17, 15) is 13.2 Å². The highest BCUT2D eigenvalue weighted by atomic mass is 32.2. The molecule has 3 aromatic rings. The Hall–Kier alpha value is -3.04. The lowest BCUT2D eigenvalue weighted by atomic mass is 9.81. The number of rotatable bonds is 6. The van der Waals surface area contributed by atoms with Crippen LogP contribution in [-0.4, -0.2) is 61.9 Å². The number of hydrogen-bond donors (Lipinski definition) is 1. The van der Waals surface area contributed by atoms with Gasteiger partial charge in [0.05, 0.1) is 4.90 Å². The van der Waals surface area contributed by atoms with E-state index in [0.29, 0.717) is 30.5 Å². The van der Waals surface area contributed by atoms with Crippen LogP contribution in [0.15, 0.2) is 65.8 Å². The monoisotopic (exact) mass is 493 g/mol. The fraction of sp³-hybridized carbons (Fsp3) is 0.423. The molecule has 1 aliphatic carbocycles. The quantitative estimate of drug-likeness (QED) is 0.567. The molecule has 2 aliphatic rings. The van der Waals surface area contributed by atoms with Gasteiger partial charge in [-0.1, -0.05) is 36.4 Å². The summed E-state index contributed by atoms with van der Waals surface area (Å²) in [5.41, 5.74) is 0. The highest BCUT2D eigenvalue weighted by molar-refractivity contribution is 7.89. The largest absolute Gasteiger partial charge is 0.339 e. The molecule has 1 aliphatic heterocycles. The maximum atomic E-state index is 13.1. The Labute approximate surface area is 206 Å². The molecule has 9 heteroatoms. The van der Waals surface area contributed by atoms with E-state index in [1.165, 1.54) is 0 Å². The number of nitrogens with one attached hydrogen (secondary N) is 1. The standard InChI is InChI=1S/C26H31N5O3S/c32-25(30-15-17-31(18-16-30)26-27-13-4-14-28-26)22-11-9-20(10-12-22)19-29-35(33,34)24-8-3-6-21-5-1-2-7-23(21)24/h1-8,13-14,20,22,29H,9-12,15-19H2. The Kier molecular flexibility index (Phi) is 6.97. The summed E-state index contributed by atoms with van der Waals surface area (Å²) in [6, 6.07) is 14.7. The van der Waals surface area contributed by atoms with E-state index in [4.69, 9.17) is 0 Å². The number of nitrogens with zero attached hydrogens (tertiary/aromatic N) is 4. The zero-order valence-electron chi connectivity index (χ0n) is 19.7. The van der Waals surface area contributed by atoms with Crippen molar-refractivity contribution >= 4 is 32.7 Å². The zero-order chi connectivity index (χ0) is 24.3. The second kappa shape index (κ2) is 10.3. The average Bonchev–Trinajstić information content (AvgIpc) is 2.92. The summed E-state index contributed by atoms with van der Waals surface area (Å²) in [4.78, 5) is 26.1. The molecule has 184 valence electrons. The Balaban J connectivity index is 1.11. The Morgan fingerprint density at radius 2 is 1.57 bits per heavy atom. The summed E-state index contributed by atoms with van der Waals surface area (Å²) in [5.74, 6) is 1.22. The van der Waals surface area contributed by atoms with Crippen LogP contribution in [-0.2, 0) is 14.8 Å². The third-order valence-corrected chi connectivity index (χ3v) is 8.71. The predicted octanol–water partition coefficient (Wildman–Crippen LogP) is 3.06. The number of anilines is 1. The molecule has 0 radical (unpaired) electrons. The minimum Gasteiger partial charge on any atom is -0.339 e. The lowest BCUT2D eigenvalue weighted by Crippen LogP contribution is -2.51. The summed E-state index contributed by atoms with van der Waals surface area (Å²) < 4.78 is 28.8. The molecule has 8 nitrogen and oxygen atoms in total. The first-order valence-electron chi connectivity index (χ1n) is 12.3. The van der Waals surface area contributed by atoms with Crippen molar-refractivity contribution in [2.75, 3.05) is 37.6 Å². The second-order valence-electron chi connectivity index (χ2n) is 9.41. The number of piperazine rings is 1. The third kappa shape index (κ3) is 5.31. The number of aromatic nitrogens is 2. The van der Waals surface area contributed by atoms with Crippen molar-refractivity contribution in [1.82, 2.24) is 19.6 Å². The molecule has 0 spiro atoms. The van der Waals surface area contributed by atoms with Crippen LogP contribution in [0, 0.1) is 11.8 Å². The van der Waals surface area contributed by atoms with Gasteiger partial charge in [-0.05, 0) is 49.1 Å². The summed E-state index contributed by atoms with van der Waals surface area (Å²) in [6.07, 6.45) is 6.79. The van der Waals surface area contributed by atoms with E-state index in [1.807, 2.05) is 35.2 Å². The van der Waals surface area contributed by atoms with Gasteiger partial charge >= 0.3 is 0 Å². The van der Waals surface area contributed by atoms with E-state index in [0.717, 1.165) is 49.5 Å². The Morgan fingerprint density at radius 1 is 0.886 bits per heavy atom. The third-order valence-electron chi connectivity index (χ3n) is 7.22. The van der Waals surface area contributed by atoms with Crippen LogP contribution < -0.4 is 9.62 Å². The van der Waals surface area contributed by atoms with Crippen LogP contribution in [0.1, 0.15) is 25.7 Å². The molecule has 5 rings (SSSR count). The molecule has 1 N–H and O–H groups in total. The molecule has 0 bridgehead atoms. The molecule has 35 heavy (non-hydrogen) atoms. The second-order valence-corrected chi connectivity index (χ2v) is 11.1. The van der Waals surface area contributed by atoms with Gasteiger partial charge in [-0.15, -0.1) is 0 Å². The zero-order valence-corrected chi connectivity index (χ0v) is 20.5. The van der Waals surface area contributed by atoms with Gasteiger partial charge in [0.25, 0.3) is 0 Å². The van der Waals surface area contributed by atoms with E-state index >= 15 is 0 Å². The van der Waals surface area contributed by atoms with Gasteiger partial charge in [-0.3, -0.25) is 4.79 Å². The van der Waals surface area contributed by atoms with Crippen molar-refractivity contribution in [2.24, 2.45) is 11.8 Å². The molecule has 2 aromatic carbocycles. The van der Waals surface area contributed by atoms with E-state index in [-0.39, 0.29) is 17.7 Å². The number of amides is 1. The minimum atomic E-state index is -3.60. The van der Waals surface area contributed by atoms with Gasteiger partial charge in [-0.25, -0.2) is 23.1 Å². The van der Waals surface area contributed by atoms with E-state index in [2.05, 4.69) is 19.6 Å². The van der Waals surface area contributed by atoms with Crippen LogP contribution in [0.3, 0.4) is 0 Å². The molecule has 1 amide bonds. The minimum absolute atomic E-state index is 0.0282. The van der Waals surface area contributed by atoms with Crippen molar-refractivity contribution in [1.29, 1.82) is 0 Å². The summed E-state index contributed by atoms with van der Waals surface area (Å²) >= 11 is 0. The first kappa shape index (κ1) is 23.7. The molecule has 0 atom stereocenters. The van der Waals surface area contributed by atoms with Crippen LogP contribution in [0.4, 0.5) is 5.95 Å². The van der Waals surface area contributed by atoms with Crippen molar-refractivity contribution in [2.45, 2.75) is 30.6 Å². The van der Waals surface area contributed by atoms with E-state index in [1.54, 1.807) is 30.6 Å². The highest BCUT2D eigenvalue weighted by Crippen LogP contribution is 2.31. The Bertz CT molecular complexity index is 1260. The van der Waals surface area contributed by atoms with Gasteiger partial charge < -0.3 is 9.80 Å². The number of fused-ring (bicyclic) bond motifs is 1. The normalized spacial score (nSPS) is 21.3. The SMILES string of the molecule is O=C(C1CCC(CNS(=O)(=O)c2cccc3ccccc23)CC1)N1CCN(c2ncccn2)CC1. The van der Waals surface area contributed by atoms with Gasteiger partial charge in [0, 0.05) is 56.4 Å². The fourth-order valence-corrected chi connectivity index (χ4v) is 6.53. The Morgan fingerprint density at radius 3 is 2.31 bits per heavy atom. The van der Waals surface area contributed by atoms with Crippen LogP contribution in [0.2, 0.25) is 0 Å². The summed E-state index contributed by atoms with van der Waals surface area (Å²) in [5, 5.41) is 1.64. The molecule has 1 saturated carbocycles. The first-order valence-corrected chi connectivity index (χ1v) is 13.8.